The van der Waals surface area contributed by atoms with Crippen LogP contribution in [0.3, 0.4) is 0 Å². The number of aromatic amines is 1. The van der Waals surface area contributed by atoms with Gasteiger partial charge in [0.15, 0.2) is 0 Å². The average molecular weight is 391 g/mol. The number of tetrazole rings is 1. The minimum absolute atomic E-state index is 0.00497. The Morgan fingerprint density at radius 3 is 2.85 bits per heavy atom. The zero-order valence-corrected chi connectivity index (χ0v) is 15.4. The van der Waals surface area contributed by atoms with Crippen molar-refractivity contribution in [3.63, 3.8) is 0 Å². The van der Waals surface area contributed by atoms with Gasteiger partial charge in [-0.2, -0.15) is 14.6 Å². The van der Waals surface area contributed by atoms with Crippen LogP contribution in [0.4, 0.5) is 4.39 Å². The fraction of sp³-hybridized carbons (Fsp3) is 0.375. The van der Waals surface area contributed by atoms with Crippen molar-refractivity contribution in [2.24, 2.45) is 7.05 Å². The second-order valence-corrected chi connectivity index (χ2v) is 8.43. The van der Waals surface area contributed by atoms with Crippen LogP contribution in [0.25, 0.3) is 11.4 Å². The molecule has 0 spiro atoms. The Kier molecular flexibility index (Phi) is 4.48. The summed E-state index contributed by atoms with van der Waals surface area (Å²) in [6, 6.07) is 5.53. The summed E-state index contributed by atoms with van der Waals surface area (Å²) in [6.07, 6.45) is 3.46. The van der Waals surface area contributed by atoms with Gasteiger partial charge in [-0.3, -0.25) is 4.68 Å². The van der Waals surface area contributed by atoms with Crippen LogP contribution in [0.1, 0.15) is 24.5 Å². The predicted octanol–water partition coefficient (Wildman–Crippen LogP) is 1.31. The Morgan fingerprint density at radius 1 is 1.30 bits per heavy atom. The molecule has 9 nitrogen and oxygen atoms in total. The van der Waals surface area contributed by atoms with Gasteiger partial charge in [-0.25, -0.2) is 12.8 Å². The molecular weight excluding hydrogens is 373 g/mol. The maximum absolute atomic E-state index is 14.1. The van der Waals surface area contributed by atoms with E-state index in [1.807, 2.05) is 19.3 Å². The smallest absolute Gasteiger partial charge is 0.243 e. The first kappa shape index (κ1) is 17.7. The Balaban J connectivity index is 1.64. The van der Waals surface area contributed by atoms with Crippen LogP contribution in [0, 0.1) is 5.82 Å². The molecule has 11 heteroatoms. The minimum Gasteiger partial charge on any atom is -0.276 e. The van der Waals surface area contributed by atoms with Gasteiger partial charge in [-0.05, 0) is 42.3 Å². The van der Waals surface area contributed by atoms with Gasteiger partial charge >= 0.3 is 0 Å². The third-order valence-electron chi connectivity index (χ3n) is 4.70. The van der Waals surface area contributed by atoms with Gasteiger partial charge < -0.3 is 0 Å². The standard InChI is InChI=1S/C16H18FN7O2S/c1-23-8-6-15(20-23)11-3-2-7-24(10-11)27(25,26)12-4-5-14(17)13(9-12)16-18-21-22-19-16/h4-6,8-9,11H,2-3,7,10H2,1H3,(H,18,19,21,22). The number of aromatic nitrogens is 6. The molecule has 0 amide bonds. The fourth-order valence-corrected chi connectivity index (χ4v) is 4.86. The van der Waals surface area contributed by atoms with Gasteiger partial charge in [-0.15, -0.1) is 10.2 Å². The van der Waals surface area contributed by atoms with E-state index in [1.165, 1.54) is 16.4 Å². The summed E-state index contributed by atoms with van der Waals surface area (Å²) in [6.45, 7) is 0.759. The Morgan fingerprint density at radius 2 is 2.15 bits per heavy atom. The molecule has 1 unspecified atom stereocenters. The summed E-state index contributed by atoms with van der Waals surface area (Å²) in [4.78, 5) is 0.00497. The van der Waals surface area contributed by atoms with E-state index in [9.17, 15) is 12.8 Å². The van der Waals surface area contributed by atoms with Crippen molar-refractivity contribution in [1.29, 1.82) is 0 Å². The van der Waals surface area contributed by atoms with Crippen molar-refractivity contribution in [3.05, 3.63) is 42.0 Å². The van der Waals surface area contributed by atoms with E-state index in [1.54, 1.807) is 4.68 Å². The molecule has 1 aliphatic rings. The van der Waals surface area contributed by atoms with Gasteiger partial charge in [-0.1, -0.05) is 0 Å². The van der Waals surface area contributed by atoms with E-state index in [4.69, 9.17) is 0 Å². The largest absolute Gasteiger partial charge is 0.276 e. The number of benzene rings is 1. The highest BCUT2D eigenvalue weighted by atomic mass is 32.2. The molecule has 1 aliphatic heterocycles. The number of sulfonamides is 1. The van der Waals surface area contributed by atoms with Gasteiger partial charge in [0.05, 0.1) is 16.2 Å². The summed E-state index contributed by atoms with van der Waals surface area (Å²) in [5, 5.41) is 17.5. The first-order valence-corrected chi connectivity index (χ1v) is 9.92. The molecular formula is C16H18FN7O2S. The molecule has 3 aromatic rings. The Bertz CT molecular complexity index is 1050. The van der Waals surface area contributed by atoms with E-state index in [2.05, 4.69) is 25.7 Å². The molecule has 2 aromatic heterocycles. The number of nitrogens with one attached hydrogen (secondary N) is 1. The molecule has 0 bridgehead atoms. The summed E-state index contributed by atoms with van der Waals surface area (Å²) in [7, 11) is -1.95. The first-order chi connectivity index (χ1) is 12.9. The van der Waals surface area contributed by atoms with Crippen molar-refractivity contribution < 1.29 is 12.8 Å². The topological polar surface area (TPSA) is 110 Å². The number of piperidine rings is 1. The van der Waals surface area contributed by atoms with Crippen LogP contribution < -0.4 is 0 Å². The van der Waals surface area contributed by atoms with Crippen LogP contribution in [-0.4, -0.2) is 56.2 Å². The molecule has 3 heterocycles. The van der Waals surface area contributed by atoms with Crippen LogP contribution in [0.5, 0.6) is 0 Å². The quantitative estimate of drug-likeness (QED) is 0.718. The number of aryl methyl sites for hydroxylation is 1. The number of halogens is 1. The second kappa shape index (κ2) is 6.82. The third kappa shape index (κ3) is 3.35. The van der Waals surface area contributed by atoms with E-state index in [0.29, 0.717) is 13.1 Å². The molecule has 1 atom stereocenters. The molecule has 142 valence electrons. The SMILES string of the molecule is Cn1ccc(C2CCCN(S(=O)(=O)c3ccc(F)c(-c4nn[nH]n4)c3)C2)n1. The summed E-state index contributed by atoms with van der Waals surface area (Å²) >= 11 is 0. The lowest BCUT2D eigenvalue weighted by Crippen LogP contribution is -2.39. The van der Waals surface area contributed by atoms with Crippen LogP contribution in [-0.2, 0) is 17.1 Å². The number of hydrogen-bond acceptors (Lipinski definition) is 6. The van der Waals surface area contributed by atoms with Crippen LogP contribution in [0.15, 0.2) is 35.4 Å². The van der Waals surface area contributed by atoms with Crippen molar-refractivity contribution in [2.45, 2.75) is 23.7 Å². The zero-order valence-electron chi connectivity index (χ0n) is 14.6. The van der Waals surface area contributed by atoms with Gasteiger partial charge in [0, 0.05) is 32.3 Å². The average Bonchev–Trinajstić information content (AvgIpc) is 3.34. The number of rotatable bonds is 4. The molecule has 4 rings (SSSR count). The molecule has 27 heavy (non-hydrogen) atoms. The number of hydrogen-bond donors (Lipinski definition) is 1. The fourth-order valence-electron chi connectivity index (χ4n) is 3.31. The highest BCUT2D eigenvalue weighted by molar-refractivity contribution is 7.89. The molecule has 1 N–H and O–H groups in total. The van der Waals surface area contributed by atoms with Crippen LogP contribution in [0.2, 0.25) is 0 Å². The first-order valence-electron chi connectivity index (χ1n) is 8.48. The monoisotopic (exact) mass is 391 g/mol. The molecule has 0 saturated carbocycles. The van der Waals surface area contributed by atoms with E-state index < -0.39 is 15.8 Å². The van der Waals surface area contributed by atoms with Crippen LogP contribution >= 0.6 is 0 Å². The highest BCUT2D eigenvalue weighted by Crippen LogP contribution is 2.31. The molecule has 1 saturated heterocycles. The molecule has 0 radical (unpaired) electrons. The maximum atomic E-state index is 14.1. The molecule has 0 aliphatic carbocycles. The van der Waals surface area contributed by atoms with Crippen molar-refractivity contribution in [2.75, 3.05) is 13.1 Å². The lowest BCUT2D eigenvalue weighted by molar-refractivity contribution is 0.312. The van der Waals surface area contributed by atoms with Crippen molar-refractivity contribution >= 4 is 10.0 Å². The maximum Gasteiger partial charge on any atom is 0.243 e. The normalized spacial score (nSPS) is 18.7. The van der Waals surface area contributed by atoms with Gasteiger partial charge in [0.25, 0.3) is 0 Å². The second-order valence-electron chi connectivity index (χ2n) is 6.49. The van der Waals surface area contributed by atoms with E-state index in [-0.39, 0.29) is 22.2 Å². The zero-order chi connectivity index (χ0) is 19.0. The summed E-state index contributed by atoms with van der Waals surface area (Å²) in [5.41, 5.74) is 0.868. The summed E-state index contributed by atoms with van der Waals surface area (Å²) in [5.74, 6) is -0.568. The predicted molar refractivity (Wildman–Crippen MR) is 93.5 cm³/mol. The van der Waals surface area contributed by atoms with Crippen molar-refractivity contribution in [1.82, 2.24) is 34.7 Å². The van der Waals surface area contributed by atoms with E-state index in [0.717, 1.165) is 24.6 Å². The van der Waals surface area contributed by atoms with E-state index >= 15 is 0 Å². The number of H-pyrrole nitrogens is 1. The highest BCUT2D eigenvalue weighted by Gasteiger charge is 2.32. The number of nitrogens with zero attached hydrogens (tertiary/aromatic N) is 6. The molecule has 1 fully saturated rings. The molecule has 1 aromatic carbocycles. The Hall–Kier alpha value is -2.66. The minimum atomic E-state index is -3.78. The Labute approximate surface area is 155 Å². The third-order valence-corrected chi connectivity index (χ3v) is 6.56. The summed E-state index contributed by atoms with van der Waals surface area (Å²) < 4.78 is 43.5. The van der Waals surface area contributed by atoms with Crippen molar-refractivity contribution in [3.8, 4) is 11.4 Å². The van der Waals surface area contributed by atoms with Gasteiger partial charge in [0.2, 0.25) is 15.8 Å². The van der Waals surface area contributed by atoms with Gasteiger partial charge in [0.1, 0.15) is 5.82 Å². The lowest BCUT2D eigenvalue weighted by Gasteiger charge is -2.31. The lowest BCUT2D eigenvalue weighted by atomic mass is 9.96.